The summed E-state index contributed by atoms with van der Waals surface area (Å²) in [6.45, 7) is 0. The van der Waals surface area contributed by atoms with Gasteiger partial charge in [-0.2, -0.15) is 0 Å². The maximum atomic E-state index is 12.7. The van der Waals surface area contributed by atoms with Crippen molar-refractivity contribution in [2.24, 2.45) is 0 Å². The van der Waals surface area contributed by atoms with Gasteiger partial charge < -0.3 is 0 Å². The summed E-state index contributed by atoms with van der Waals surface area (Å²) in [6.07, 6.45) is 0. The van der Waals surface area contributed by atoms with E-state index in [1.165, 1.54) is 23.5 Å². The molecule has 0 bridgehead atoms. The van der Waals surface area contributed by atoms with Crippen LogP contribution in [-0.2, 0) is 0 Å². The zero-order chi connectivity index (χ0) is 24.2. The molecular formula is C24H14Cl4N2O2S2. The van der Waals surface area contributed by atoms with Crippen LogP contribution in [0.15, 0.2) is 70.7 Å². The van der Waals surface area contributed by atoms with Crippen molar-refractivity contribution in [1.82, 2.24) is 9.97 Å². The second-order valence-corrected chi connectivity index (χ2v) is 10.6. The maximum absolute atomic E-state index is 12.7. The molecular weight excluding hydrogens is 554 g/mol. The first-order valence-electron chi connectivity index (χ1n) is 9.80. The van der Waals surface area contributed by atoms with Crippen LogP contribution < -0.4 is 0 Å². The summed E-state index contributed by atoms with van der Waals surface area (Å²) in [4.78, 5) is 34.8. The second-order valence-electron chi connectivity index (χ2n) is 7.00. The summed E-state index contributed by atoms with van der Waals surface area (Å²) in [5.41, 5.74) is 2.32. The van der Waals surface area contributed by atoms with Crippen molar-refractivity contribution in [3.05, 3.63) is 91.9 Å². The maximum Gasteiger partial charge on any atom is 0.173 e. The highest BCUT2D eigenvalue weighted by Gasteiger charge is 2.16. The summed E-state index contributed by atoms with van der Waals surface area (Å²) in [5, 5.41) is 2.55. The monoisotopic (exact) mass is 566 g/mol. The molecule has 10 heteroatoms. The molecule has 3 aromatic carbocycles. The number of para-hydroxylation sites is 2. The Labute approximate surface area is 224 Å². The molecule has 0 spiro atoms. The van der Waals surface area contributed by atoms with Crippen molar-refractivity contribution >= 4 is 92.5 Å². The van der Waals surface area contributed by atoms with Crippen LogP contribution in [0, 0.1) is 0 Å². The fourth-order valence-corrected chi connectivity index (χ4v) is 5.41. The number of fused-ring (bicyclic) bond motifs is 1. The van der Waals surface area contributed by atoms with Crippen molar-refractivity contribution in [3.8, 4) is 0 Å². The molecule has 0 saturated heterocycles. The molecule has 1 aromatic heterocycles. The third-order valence-corrected chi connectivity index (χ3v) is 8.21. The van der Waals surface area contributed by atoms with Gasteiger partial charge in [0.05, 0.1) is 42.6 Å². The number of benzene rings is 3. The molecule has 4 aromatic rings. The first kappa shape index (κ1) is 25.3. The lowest BCUT2D eigenvalue weighted by atomic mass is 10.1. The molecule has 0 saturated carbocycles. The first-order chi connectivity index (χ1) is 16.3. The normalized spacial score (nSPS) is 11.1. The third-order valence-electron chi connectivity index (χ3n) is 4.67. The Morgan fingerprint density at radius 1 is 0.618 bits per heavy atom. The highest BCUT2D eigenvalue weighted by atomic mass is 35.5. The Morgan fingerprint density at radius 3 is 1.41 bits per heavy atom. The highest BCUT2D eigenvalue weighted by Crippen LogP contribution is 2.32. The summed E-state index contributed by atoms with van der Waals surface area (Å²) in [5.74, 6) is 0.00109. The van der Waals surface area contributed by atoms with Gasteiger partial charge in [0.25, 0.3) is 0 Å². The standard InChI is InChI=1S/C24H14Cl4N2O2S2/c25-15-7-5-13(9-17(15)27)21(31)11-33-23-24(30-20-4-2-1-3-19(20)29-23)34-12-22(32)14-6-8-16(26)18(28)10-14/h1-10H,11-12H2. The van der Waals surface area contributed by atoms with Crippen LogP contribution in [0.1, 0.15) is 20.7 Å². The van der Waals surface area contributed by atoms with Crippen molar-refractivity contribution in [3.63, 3.8) is 0 Å². The summed E-state index contributed by atoms with van der Waals surface area (Å²) >= 11 is 26.5. The molecule has 0 atom stereocenters. The van der Waals surface area contributed by atoms with E-state index >= 15 is 0 Å². The molecule has 0 amide bonds. The van der Waals surface area contributed by atoms with Crippen LogP contribution in [0.2, 0.25) is 20.1 Å². The SMILES string of the molecule is O=C(CSc1nc2ccccc2nc1SCC(=O)c1ccc(Cl)c(Cl)c1)c1ccc(Cl)c(Cl)c1. The van der Waals surface area contributed by atoms with E-state index in [1.54, 1.807) is 36.4 Å². The van der Waals surface area contributed by atoms with Crippen molar-refractivity contribution in [2.75, 3.05) is 11.5 Å². The molecule has 0 N–H and O–H groups in total. The van der Waals surface area contributed by atoms with Crippen LogP contribution in [-0.4, -0.2) is 33.0 Å². The number of nitrogens with zero attached hydrogens (tertiary/aromatic N) is 2. The predicted molar refractivity (Wildman–Crippen MR) is 143 cm³/mol. The van der Waals surface area contributed by atoms with E-state index in [9.17, 15) is 9.59 Å². The van der Waals surface area contributed by atoms with E-state index in [1.807, 2.05) is 24.3 Å². The predicted octanol–water partition coefficient (Wildman–Crippen LogP) is 8.19. The van der Waals surface area contributed by atoms with Crippen LogP contribution in [0.25, 0.3) is 11.0 Å². The summed E-state index contributed by atoms with van der Waals surface area (Å²) < 4.78 is 0. The van der Waals surface area contributed by atoms with Crippen molar-refractivity contribution in [1.29, 1.82) is 0 Å². The Hall–Kier alpha value is -1.80. The highest BCUT2D eigenvalue weighted by molar-refractivity contribution is 8.02. The number of aromatic nitrogens is 2. The zero-order valence-corrected chi connectivity index (χ0v) is 21.9. The number of rotatable bonds is 8. The van der Waals surface area contributed by atoms with Gasteiger partial charge in [-0.15, -0.1) is 0 Å². The lowest BCUT2D eigenvalue weighted by Crippen LogP contribution is -2.05. The van der Waals surface area contributed by atoms with E-state index in [-0.39, 0.29) is 23.1 Å². The fraction of sp³-hybridized carbons (Fsp3) is 0.0833. The van der Waals surface area contributed by atoms with Gasteiger partial charge in [-0.1, -0.05) is 82.1 Å². The molecule has 34 heavy (non-hydrogen) atoms. The minimum absolute atomic E-state index is 0.124. The largest absolute Gasteiger partial charge is 0.293 e. The second kappa shape index (κ2) is 11.3. The Morgan fingerprint density at radius 2 is 1.03 bits per heavy atom. The molecule has 4 nitrogen and oxygen atoms in total. The fourth-order valence-electron chi connectivity index (χ4n) is 2.93. The Balaban J connectivity index is 1.54. The molecule has 0 aliphatic rings. The van der Waals surface area contributed by atoms with Crippen LogP contribution in [0.3, 0.4) is 0 Å². The molecule has 0 aliphatic carbocycles. The van der Waals surface area contributed by atoms with E-state index in [2.05, 4.69) is 9.97 Å². The minimum Gasteiger partial charge on any atom is -0.293 e. The number of thioether (sulfide) groups is 2. The van der Waals surface area contributed by atoms with Crippen LogP contribution >= 0.6 is 69.9 Å². The molecule has 172 valence electrons. The molecule has 4 rings (SSSR count). The number of carbonyl (C=O) groups is 2. The number of ketones is 2. The van der Waals surface area contributed by atoms with Crippen molar-refractivity contribution < 1.29 is 9.59 Å². The van der Waals surface area contributed by atoms with Crippen LogP contribution in [0.4, 0.5) is 0 Å². The average Bonchev–Trinajstić information content (AvgIpc) is 2.84. The van der Waals surface area contributed by atoms with Gasteiger partial charge in [0, 0.05) is 11.1 Å². The number of halogens is 4. The van der Waals surface area contributed by atoms with Gasteiger partial charge in [-0.05, 0) is 48.5 Å². The lowest BCUT2D eigenvalue weighted by Gasteiger charge is -2.09. The number of carbonyl (C=O) groups excluding carboxylic acids is 2. The molecule has 0 radical (unpaired) electrons. The summed E-state index contributed by atoms with van der Waals surface area (Å²) in [7, 11) is 0. The zero-order valence-electron chi connectivity index (χ0n) is 17.2. The van der Waals surface area contributed by atoms with Gasteiger partial charge in [-0.3, -0.25) is 9.59 Å². The number of hydrogen-bond donors (Lipinski definition) is 0. The quantitative estimate of drug-likeness (QED) is 0.158. The van der Waals surface area contributed by atoms with Crippen molar-refractivity contribution in [2.45, 2.75) is 10.1 Å². The minimum atomic E-state index is -0.124. The molecule has 0 unspecified atom stereocenters. The van der Waals surface area contributed by atoms with Gasteiger partial charge in [-0.25, -0.2) is 9.97 Å². The Bertz CT molecular complexity index is 1310. The van der Waals surface area contributed by atoms with Gasteiger partial charge in [0.2, 0.25) is 0 Å². The van der Waals surface area contributed by atoms with E-state index < -0.39 is 0 Å². The Kier molecular flexibility index (Phi) is 8.40. The first-order valence-corrected chi connectivity index (χ1v) is 13.3. The molecule has 0 fully saturated rings. The van der Waals surface area contributed by atoms with Gasteiger partial charge >= 0.3 is 0 Å². The van der Waals surface area contributed by atoms with E-state index in [4.69, 9.17) is 46.4 Å². The number of Topliss-reactive ketones (excluding diaryl/α,β-unsaturated/α-hetero) is 2. The topological polar surface area (TPSA) is 59.9 Å². The smallest absolute Gasteiger partial charge is 0.173 e. The lowest BCUT2D eigenvalue weighted by molar-refractivity contribution is 0.101. The van der Waals surface area contributed by atoms with Gasteiger partial charge in [0.1, 0.15) is 10.1 Å². The summed E-state index contributed by atoms with van der Waals surface area (Å²) in [6, 6.07) is 17.0. The van der Waals surface area contributed by atoms with Gasteiger partial charge in [0.15, 0.2) is 11.6 Å². The van der Waals surface area contributed by atoms with E-state index in [0.717, 1.165) is 0 Å². The molecule has 0 aliphatic heterocycles. The average molecular weight is 568 g/mol. The third kappa shape index (κ3) is 6.06. The van der Waals surface area contributed by atoms with E-state index in [0.29, 0.717) is 52.3 Å². The number of hydrogen-bond acceptors (Lipinski definition) is 6. The molecule has 1 heterocycles. The van der Waals surface area contributed by atoms with Crippen LogP contribution in [0.5, 0.6) is 0 Å².